The molecule has 4 aromatic heterocycles. The van der Waals surface area contributed by atoms with Crippen molar-refractivity contribution in [3.63, 3.8) is 0 Å². The van der Waals surface area contributed by atoms with Crippen molar-refractivity contribution in [1.29, 1.82) is 0 Å². The van der Waals surface area contributed by atoms with Gasteiger partial charge in [-0.25, -0.2) is 0 Å². The minimum absolute atomic E-state index is 0.890. The molecule has 0 atom stereocenters. The molecule has 9 aromatic carbocycles. The second-order valence-electron chi connectivity index (χ2n) is 14.0. The van der Waals surface area contributed by atoms with Crippen LogP contribution in [0.3, 0.4) is 0 Å². The first-order chi connectivity index (χ1) is 25.3. The highest BCUT2D eigenvalue weighted by molar-refractivity contribution is 6.35. The van der Waals surface area contributed by atoms with Crippen molar-refractivity contribution >= 4 is 104 Å². The maximum atomic E-state index is 6.68. The largest absolute Gasteiger partial charge is 0.456 e. The van der Waals surface area contributed by atoms with Crippen molar-refractivity contribution in [1.82, 2.24) is 4.40 Å². The topological polar surface area (TPSA) is 30.7 Å². The Morgan fingerprint density at radius 2 is 0.863 bits per heavy atom. The molecule has 0 bridgehead atoms. The molecule has 51 heavy (non-hydrogen) atoms. The molecule has 0 amide bonds. The number of nitrogens with zero attached hydrogens (tertiary/aromatic N) is 1. The van der Waals surface area contributed by atoms with E-state index in [1.165, 1.54) is 87.1 Å². The molecule has 0 aliphatic carbocycles. The first-order valence-corrected chi connectivity index (χ1v) is 17.5. The van der Waals surface area contributed by atoms with E-state index >= 15 is 0 Å². The summed E-state index contributed by atoms with van der Waals surface area (Å²) >= 11 is 0. The smallest absolute Gasteiger partial charge is 0.136 e. The minimum Gasteiger partial charge on any atom is -0.456 e. The van der Waals surface area contributed by atoms with E-state index in [0.717, 1.165) is 38.7 Å². The van der Waals surface area contributed by atoms with Crippen molar-refractivity contribution in [2.75, 3.05) is 0 Å². The molecule has 0 unspecified atom stereocenters. The number of hydrogen-bond acceptors (Lipinski definition) is 2. The number of fused-ring (bicyclic) bond motifs is 12. The molecule has 3 nitrogen and oxygen atoms in total. The lowest BCUT2D eigenvalue weighted by Gasteiger charge is -2.13. The standard InChI is InChI=1S/C48H25NO2/c1-2-16-38-30(8-1)33-13-4-14-34-37-24-26(21-23-39(37)49(38)48(33)34)29-10-5-17-40-45(29)35-22-20-27(25-43(35)51-40)28-9-3-11-31-32-12-6-18-41-46(32)47-36(44(28)31)15-7-19-42(47)50-41/h1-25H. The molecule has 13 aromatic rings. The monoisotopic (exact) mass is 647 g/mol. The lowest BCUT2D eigenvalue weighted by Crippen LogP contribution is -1.86. The Labute approximate surface area is 289 Å². The van der Waals surface area contributed by atoms with Crippen LogP contribution in [-0.2, 0) is 0 Å². The van der Waals surface area contributed by atoms with Crippen molar-refractivity contribution < 1.29 is 8.83 Å². The third-order valence-electron chi connectivity index (χ3n) is 11.5. The molecular weight excluding hydrogens is 623 g/mol. The average Bonchev–Trinajstić information content (AvgIpc) is 3.94. The predicted molar refractivity (Wildman–Crippen MR) is 213 cm³/mol. The van der Waals surface area contributed by atoms with Gasteiger partial charge in [-0.15, -0.1) is 0 Å². The van der Waals surface area contributed by atoms with Crippen LogP contribution >= 0.6 is 0 Å². The zero-order valence-corrected chi connectivity index (χ0v) is 27.2. The van der Waals surface area contributed by atoms with Crippen LogP contribution in [0.4, 0.5) is 0 Å². The number of para-hydroxylation sites is 2. The molecule has 0 radical (unpaired) electrons. The Hall–Kier alpha value is -6.84. The van der Waals surface area contributed by atoms with Crippen LogP contribution in [0, 0.1) is 0 Å². The van der Waals surface area contributed by atoms with Crippen molar-refractivity contribution in [3.05, 3.63) is 152 Å². The fraction of sp³-hybridized carbons (Fsp3) is 0. The average molecular weight is 648 g/mol. The summed E-state index contributed by atoms with van der Waals surface area (Å²) in [5, 5.41) is 14.8. The summed E-state index contributed by atoms with van der Waals surface area (Å²) in [6.45, 7) is 0. The first-order valence-electron chi connectivity index (χ1n) is 17.5. The Kier molecular flexibility index (Phi) is 4.62. The molecule has 0 fully saturated rings. The molecule has 13 rings (SSSR count). The molecule has 0 saturated carbocycles. The Morgan fingerprint density at radius 3 is 1.73 bits per heavy atom. The van der Waals surface area contributed by atoms with Gasteiger partial charge in [0.05, 0.1) is 16.6 Å². The molecule has 0 saturated heterocycles. The molecule has 0 N–H and O–H groups in total. The molecule has 234 valence electrons. The third-order valence-corrected chi connectivity index (χ3v) is 11.5. The zero-order valence-electron chi connectivity index (χ0n) is 27.2. The molecule has 4 heterocycles. The van der Waals surface area contributed by atoms with Gasteiger partial charge in [-0.05, 0) is 92.3 Å². The summed E-state index contributed by atoms with van der Waals surface area (Å²) in [5.41, 5.74) is 12.1. The molecule has 0 spiro atoms. The van der Waals surface area contributed by atoms with E-state index < -0.39 is 0 Å². The number of hydrogen-bond donors (Lipinski definition) is 0. The quantitative estimate of drug-likeness (QED) is 0.175. The lowest BCUT2D eigenvalue weighted by molar-refractivity contribution is 0.669. The highest BCUT2D eigenvalue weighted by Crippen LogP contribution is 2.47. The summed E-state index contributed by atoms with van der Waals surface area (Å²) in [5.74, 6) is 0. The summed E-state index contributed by atoms with van der Waals surface area (Å²) in [4.78, 5) is 0. The van der Waals surface area contributed by atoms with Crippen molar-refractivity contribution in [2.24, 2.45) is 0 Å². The SMILES string of the molecule is c1cc(-c2ccc3c(c2)c2cccc4c5ccccc5n3c42)c2c(c1)oc1cc(-c3cccc4c5cccc6oc7cccc(c34)c7c65)ccc12. The van der Waals surface area contributed by atoms with E-state index in [-0.39, 0.29) is 0 Å². The van der Waals surface area contributed by atoms with Gasteiger partial charge in [-0.3, -0.25) is 0 Å². The van der Waals surface area contributed by atoms with Crippen LogP contribution in [-0.4, -0.2) is 4.40 Å². The van der Waals surface area contributed by atoms with Crippen LogP contribution in [0.2, 0.25) is 0 Å². The van der Waals surface area contributed by atoms with Crippen molar-refractivity contribution in [2.45, 2.75) is 0 Å². The van der Waals surface area contributed by atoms with Crippen LogP contribution in [0.15, 0.2) is 160 Å². The second kappa shape index (κ2) is 9.03. The number of furan rings is 2. The van der Waals surface area contributed by atoms with Gasteiger partial charge in [0.25, 0.3) is 0 Å². The fourth-order valence-electron chi connectivity index (χ4n) is 9.44. The Bertz CT molecular complexity index is 3590. The van der Waals surface area contributed by atoms with Crippen LogP contribution < -0.4 is 0 Å². The van der Waals surface area contributed by atoms with E-state index in [2.05, 4.69) is 156 Å². The maximum absolute atomic E-state index is 6.68. The van der Waals surface area contributed by atoms with Gasteiger partial charge in [0, 0.05) is 43.1 Å². The first kappa shape index (κ1) is 26.1. The van der Waals surface area contributed by atoms with E-state index in [9.17, 15) is 0 Å². The van der Waals surface area contributed by atoms with Gasteiger partial charge in [0.1, 0.15) is 22.3 Å². The van der Waals surface area contributed by atoms with Gasteiger partial charge in [0.15, 0.2) is 0 Å². The zero-order chi connectivity index (χ0) is 32.9. The molecule has 0 aliphatic heterocycles. The van der Waals surface area contributed by atoms with E-state index in [4.69, 9.17) is 8.83 Å². The normalized spacial score (nSPS) is 12.7. The van der Waals surface area contributed by atoms with Crippen molar-refractivity contribution in [3.8, 4) is 22.3 Å². The minimum atomic E-state index is 0.890. The lowest BCUT2D eigenvalue weighted by atomic mass is 9.89. The third kappa shape index (κ3) is 3.16. The van der Waals surface area contributed by atoms with E-state index in [1.54, 1.807) is 0 Å². The summed E-state index contributed by atoms with van der Waals surface area (Å²) in [6.07, 6.45) is 0. The van der Waals surface area contributed by atoms with Gasteiger partial charge in [-0.2, -0.15) is 0 Å². The Morgan fingerprint density at radius 1 is 0.314 bits per heavy atom. The summed E-state index contributed by atoms with van der Waals surface area (Å²) in [6, 6.07) is 55.0. The Balaban J connectivity index is 1.03. The van der Waals surface area contributed by atoms with Crippen LogP contribution in [0.5, 0.6) is 0 Å². The summed E-state index contributed by atoms with van der Waals surface area (Å²) in [7, 11) is 0. The number of benzene rings is 9. The highest BCUT2D eigenvalue weighted by atomic mass is 16.3. The second-order valence-corrected chi connectivity index (χ2v) is 14.0. The maximum Gasteiger partial charge on any atom is 0.136 e. The molecular formula is C48H25NO2. The summed E-state index contributed by atoms with van der Waals surface area (Å²) < 4.78 is 15.4. The van der Waals surface area contributed by atoms with Gasteiger partial charge < -0.3 is 13.2 Å². The van der Waals surface area contributed by atoms with Crippen LogP contribution in [0.1, 0.15) is 0 Å². The number of rotatable bonds is 2. The van der Waals surface area contributed by atoms with E-state index in [0.29, 0.717) is 0 Å². The fourth-order valence-corrected chi connectivity index (χ4v) is 9.44. The van der Waals surface area contributed by atoms with Crippen LogP contribution in [0.25, 0.3) is 126 Å². The van der Waals surface area contributed by atoms with Gasteiger partial charge in [0.2, 0.25) is 0 Å². The number of aromatic nitrogens is 1. The highest BCUT2D eigenvalue weighted by Gasteiger charge is 2.21. The van der Waals surface area contributed by atoms with Gasteiger partial charge >= 0.3 is 0 Å². The van der Waals surface area contributed by atoms with E-state index in [1.807, 2.05) is 0 Å². The molecule has 0 aliphatic rings. The molecule has 3 heteroatoms. The predicted octanol–water partition coefficient (Wildman–Crippen LogP) is 13.7. The van der Waals surface area contributed by atoms with Gasteiger partial charge in [-0.1, -0.05) is 103 Å².